The number of benzene rings is 1. The molecule has 7 heteroatoms. The Bertz CT molecular complexity index is 730. The summed E-state index contributed by atoms with van der Waals surface area (Å²) in [6, 6.07) is 6.08. The monoisotopic (exact) mass is 303 g/mol. The number of pyridine rings is 1. The maximum absolute atomic E-state index is 12.0. The van der Waals surface area contributed by atoms with Crippen LogP contribution in [0, 0.1) is 17.0 Å². The smallest absolute Gasteiger partial charge is 0.270 e. The van der Waals surface area contributed by atoms with Gasteiger partial charge in [-0.2, -0.15) is 0 Å². The van der Waals surface area contributed by atoms with E-state index in [4.69, 9.17) is 4.74 Å². The molecule has 1 heterocycles. The average Bonchev–Trinajstić information content (AvgIpc) is 2.46. The van der Waals surface area contributed by atoms with Crippen molar-refractivity contribution in [1.29, 1.82) is 0 Å². The molecule has 0 aliphatic rings. The molecule has 0 aliphatic heterocycles. The van der Waals surface area contributed by atoms with Crippen molar-refractivity contribution in [2.24, 2.45) is 0 Å². The number of hydrogen-bond donors (Lipinski definition) is 1. The van der Waals surface area contributed by atoms with Gasteiger partial charge in [-0.1, -0.05) is 0 Å². The van der Waals surface area contributed by atoms with Gasteiger partial charge in [0.15, 0.2) is 0 Å². The van der Waals surface area contributed by atoms with Gasteiger partial charge in [0, 0.05) is 30.3 Å². The highest BCUT2D eigenvalue weighted by molar-refractivity contribution is 6.01. The molecule has 1 aromatic carbocycles. The second kappa shape index (κ2) is 6.48. The summed E-state index contributed by atoms with van der Waals surface area (Å²) in [6.07, 6.45) is -0.00239. The minimum absolute atomic E-state index is 0.0427. The number of nitro groups is 1. The normalized spacial score (nSPS) is 12.1. The number of nitrogens with zero attached hydrogens (tertiary/aromatic N) is 2. The van der Waals surface area contributed by atoms with Crippen molar-refractivity contribution in [3.05, 3.63) is 40.1 Å². The lowest BCUT2D eigenvalue weighted by atomic mass is 10.1. The standard InChI is InChI=1S/C15H17N3O4/c1-9-6-14(17-15(19)7-10(2)22-3)12-8-11(18(20)21)4-5-13(12)16-9/h4-6,8,10H,7H2,1-3H3,(H,16,17,19)/t10-/m0/s1. The molecule has 0 aliphatic carbocycles. The highest BCUT2D eigenvalue weighted by atomic mass is 16.6. The van der Waals surface area contributed by atoms with E-state index in [1.54, 1.807) is 26.0 Å². The Balaban J connectivity index is 2.40. The van der Waals surface area contributed by atoms with E-state index in [-0.39, 0.29) is 24.1 Å². The van der Waals surface area contributed by atoms with Crippen LogP contribution in [0.5, 0.6) is 0 Å². The van der Waals surface area contributed by atoms with Crippen LogP contribution in [0.1, 0.15) is 19.0 Å². The summed E-state index contributed by atoms with van der Waals surface area (Å²) in [6.45, 7) is 3.59. The van der Waals surface area contributed by atoms with Crippen LogP contribution in [0.2, 0.25) is 0 Å². The van der Waals surface area contributed by atoms with E-state index in [1.807, 2.05) is 0 Å². The molecule has 0 saturated heterocycles. The zero-order valence-electron chi connectivity index (χ0n) is 12.6. The molecule has 0 saturated carbocycles. The number of aromatic nitrogens is 1. The number of nitro benzene ring substituents is 1. The first-order valence-corrected chi connectivity index (χ1v) is 6.79. The van der Waals surface area contributed by atoms with Crippen LogP contribution in [-0.2, 0) is 9.53 Å². The number of aryl methyl sites for hydroxylation is 1. The van der Waals surface area contributed by atoms with Gasteiger partial charge in [-0.15, -0.1) is 0 Å². The van der Waals surface area contributed by atoms with E-state index in [0.717, 1.165) is 5.69 Å². The topological polar surface area (TPSA) is 94.4 Å². The van der Waals surface area contributed by atoms with Gasteiger partial charge in [-0.05, 0) is 26.0 Å². The Labute approximate surface area is 127 Å². The molecule has 0 radical (unpaired) electrons. The van der Waals surface area contributed by atoms with E-state index in [9.17, 15) is 14.9 Å². The molecule has 1 aromatic heterocycles. The highest BCUT2D eigenvalue weighted by Gasteiger charge is 2.14. The van der Waals surface area contributed by atoms with Crippen molar-refractivity contribution in [3.8, 4) is 0 Å². The van der Waals surface area contributed by atoms with Gasteiger partial charge in [-0.25, -0.2) is 0 Å². The van der Waals surface area contributed by atoms with Crippen LogP contribution in [0.25, 0.3) is 10.9 Å². The number of nitrogens with one attached hydrogen (secondary N) is 1. The molecule has 1 N–H and O–H groups in total. The third-order valence-electron chi connectivity index (χ3n) is 3.28. The Morgan fingerprint density at radius 3 is 2.82 bits per heavy atom. The third-order valence-corrected chi connectivity index (χ3v) is 3.28. The Kier molecular flexibility index (Phi) is 4.67. The predicted octanol–water partition coefficient (Wildman–Crippen LogP) is 2.81. The van der Waals surface area contributed by atoms with Crippen LogP contribution in [0.3, 0.4) is 0 Å². The predicted molar refractivity (Wildman–Crippen MR) is 82.9 cm³/mol. The Morgan fingerprint density at radius 1 is 1.45 bits per heavy atom. The third kappa shape index (κ3) is 3.56. The first-order chi connectivity index (χ1) is 10.4. The summed E-state index contributed by atoms with van der Waals surface area (Å²) >= 11 is 0. The van der Waals surface area contributed by atoms with Gasteiger partial charge in [0.1, 0.15) is 0 Å². The summed E-state index contributed by atoms with van der Waals surface area (Å²) in [4.78, 5) is 26.8. The maximum Gasteiger partial charge on any atom is 0.270 e. The fourth-order valence-electron chi connectivity index (χ4n) is 2.11. The quantitative estimate of drug-likeness (QED) is 0.677. The second-order valence-corrected chi connectivity index (χ2v) is 5.07. The molecular weight excluding hydrogens is 286 g/mol. The van der Waals surface area contributed by atoms with Gasteiger partial charge < -0.3 is 10.1 Å². The van der Waals surface area contributed by atoms with Crippen molar-refractivity contribution in [2.45, 2.75) is 26.4 Å². The summed E-state index contributed by atoms with van der Waals surface area (Å²) in [5.41, 5.74) is 1.79. The number of fused-ring (bicyclic) bond motifs is 1. The molecule has 1 amide bonds. The summed E-state index contributed by atoms with van der Waals surface area (Å²) in [5.74, 6) is -0.215. The number of rotatable bonds is 5. The average molecular weight is 303 g/mol. The van der Waals surface area contributed by atoms with E-state index >= 15 is 0 Å². The zero-order valence-corrected chi connectivity index (χ0v) is 12.6. The zero-order chi connectivity index (χ0) is 16.3. The molecule has 2 rings (SSSR count). The first-order valence-electron chi connectivity index (χ1n) is 6.79. The lowest BCUT2D eigenvalue weighted by Crippen LogP contribution is -2.19. The fourth-order valence-corrected chi connectivity index (χ4v) is 2.11. The second-order valence-electron chi connectivity index (χ2n) is 5.07. The van der Waals surface area contributed by atoms with Crippen molar-refractivity contribution < 1.29 is 14.5 Å². The number of carbonyl (C=O) groups is 1. The molecule has 2 aromatic rings. The van der Waals surface area contributed by atoms with Gasteiger partial charge in [0.05, 0.1) is 28.7 Å². The lowest BCUT2D eigenvalue weighted by Gasteiger charge is -2.12. The van der Waals surface area contributed by atoms with Crippen molar-refractivity contribution >= 4 is 28.2 Å². The maximum atomic E-state index is 12.0. The molecule has 7 nitrogen and oxygen atoms in total. The number of ether oxygens (including phenoxy) is 1. The number of non-ortho nitro benzene ring substituents is 1. The van der Waals surface area contributed by atoms with E-state index in [2.05, 4.69) is 10.3 Å². The fraction of sp³-hybridized carbons (Fsp3) is 0.333. The van der Waals surface area contributed by atoms with Crippen LogP contribution in [0.15, 0.2) is 24.3 Å². The number of amides is 1. The van der Waals surface area contributed by atoms with Crippen LogP contribution in [0.4, 0.5) is 11.4 Å². The highest BCUT2D eigenvalue weighted by Crippen LogP contribution is 2.27. The summed E-state index contributed by atoms with van der Waals surface area (Å²) in [5, 5.41) is 14.2. The van der Waals surface area contributed by atoms with Crippen LogP contribution < -0.4 is 5.32 Å². The minimum Gasteiger partial charge on any atom is -0.381 e. The van der Waals surface area contributed by atoms with E-state index in [0.29, 0.717) is 16.6 Å². The number of carbonyl (C=O) groups excluding carboxylic acids is 1. The van der Waals surface area contributed by atoms with Crippen molar-refractivity contribution in [3.63, 3.8) is 0 Å². The van der Waals surface area contributed by atoms with Crippen molar-refractivity contribution in [2.75, 3.05) is 12.4 Å². The van der Waals surface area contributed by atoms with Crippen LogP contribution >= 0.6 is 0 Å². The number of anilines is 1. The molecule has 22 heavy (non-hydrogen) atoms. The van der Waals surface area contributed by atoms with Gasteiger partial charge in [0.2, 0.25) is 5.91 Å². The number of methoxy groups -OCH3 is 1. The van der Waals surface area contributed by atoms with Crippen LogP contribution in [-0.4, -0.2) is 29.0 Å². The molecule has 116 valence electrons. The van der Waals surface area contributed by atoms with Crippen molar-refractivity contribution in [1.82, 2.24) is 4.98 Å². The van der Waals surface area contributed by atoms with E-state index in [1.165, 1.54) is 19.2 Å². The van der Waals surface area contributed by atoms with Gasteiger partial charge in [-0.3, -0.25) is 19.9 Å². The van der Waals surface area contributed by atoms with Gasteiger partial charge >= 0.3 is 0 Å². The summed E-state index contributed by atoms with van der Waals surface area (Å²) in [7, 11) is 1.54. The lowest BCUT2D eigenvalue weighted by molar-refractivity contribution is -0.384. The molecule has 0 unspecified atom stereocenters. The molecule has 0 bridgehead atoms. The molecule has 0 spiro atoms. The molecule has 1 atom stereocenters. The largest absolute Gasteiger partial charge is 0.381 e. The Hall–Kier alpha value is -2.54. The minimum atomic E-state index is -0.474. The SMILES string of the molecule is CO[C@@H](C)CC(=O)Nc1cc(C)nc2ccc([N+](=O)[O-])cc12. The van der Waals surface area contributed by atoms with E-state index < -0.39 is 4.92 Å². The number of hydrogen-bond acceptors (Lipinski definition) is 5. The molecular formula is C15H17N3O4. The Morgan fingerprint density at radius 2 is 2.18 bits per heavy atom. The summed E-state index contributed by atoms with van der Waals surface area (Å²) < 4.78 is 5.06. The van der Waals surface area contributed by atoms with Gasteiger partial charge in [0.25, 0.3) is 5.69 Å². The first kappa shape index (κ1) is 15.8. The molecule has 0 fully saturated rings.